The maximum Gasteiger partial charge on any atom is 0.273 e. The Hall–Kier alpha value is -1.94. The number of para-hydroxylation sites is 2. The highest BCUT2D eigenvalue weighted by Gasteiger charge is 2.19. The van der Waals surface area contributed by atoms with Crippen molar-refractivity contribution in [1.29, 1.82) is 0 Å². The zero-order chi connectivity index (χ0) is 15.7. The van der Waals surface area contributed by atoms with Gasteiger partial charge in [0.05, 0.1) is 11.0 Å². The van der Waals surface area contributed by atoms with Crippen molar-refractivity contribution in [2.75, 3.05) is 0 Å². The minimum absolute atomic E-state index is 0.0106. The highest BCUT2D eigenvalue weighted by Crippen LogP contribution is 2.26. The van der Waals surface area contributed by atoms with Crippen LogP contribution in [-0.4, -0.2) is 9.55 Å². The molecule has 3 rings (SSSR count). The third-order valence-electron chi connectivity index (χ3n) is 4.02. The molecule has 0 saturated carbocycles. The number of fused-ring (bicyclic) bond motifs is 1. The Bertz CT molecular complexity index is 868. The van der Waals surface area contributed by atoms with Gasteiger partial charge in [-0.1, -0.05) is 47.1 Å². The third kappa shape index (κ3) is 2.59. The van der Waals surface area contributed by atoms with Gasteiger partial charge in [0.25, 0.3) is 5.56 Å². The Morgan fingerprint density at radius 2 is 1.82 bits per heavy atom. The number of aromatic nitrogens is 2. The fourth-order valence-electron chi connectivity index (χ4n) is 2.81. The molecule has 1 aromatic heterocycles. The van der Waals surface area contributed by atoms with Crippen molar-refractivity contribution >= 4 is 27.0 Å². The second-order valence-electron chi connectivity index (χ2n) is 5.36. The van der Waals surface area contributed by atoms with Crippen molar-refractivity contribution < 1.29 is 0 Å². The van der Waals surface area contributed by atoms with E-state index in [1.165, 1.54) is 0 Å². The number of hydrogen-bond acceptors (Lipinski definition) is 2. The molecule has 0 saturated heterocycles. The van der Waals surface area contributed by atoms with Crippen LogP contribution in [-0.2, 0) is 7.05 Å². The molecule has 4 heteroatoms. The van der Waals surface area contributed by atoms with Gasteiger partial charge in [0, 0.05) is 17.4 Å². The van der Waals surface area contributed by atoms with Crippen LogP contribution in [0.25, 0.3) is 11.0 Å². The number of halogens is 1. The zero-order valence-corrected chi connectivity index (χ0v) is 14.2. The van der Waals surface area contributed by atoms with Gasteiger partial charge in [-0.3, -0.25) is 4.79 Å². The second-order valence-corrected chi connectivity index (χ2v) is 6.28. The number of aryl methyl sites for hydroxylation is 1. The second kappa shape index (κ2) is 6.05. The molecule has 0 aliphatic heterocycles. The Labute approximate surface area is 137 Å². The summed E-state index contributed by atoms with van der Waals surface area (Å²) < 4.78 is 2.73. The molecule has 22 heavy (non-hydrogen) atoms. The summed E-state index contributed by atoms with van der Waals surface area (Å²) in [6.07, 6.45) is 0.836. The minimum atomic E-state index is -0.0199. The maximum atomic E-state index is 12.7. The quantitative estimate of drug-likeness (QED) is 0.703. The smallest absolute Gasteiger partial charge is 0.273 e. The molecule has 2 aromatic carbocycles. The summed E-state index contributed by atoms with van der Waals surface area (Å²) >= 11 is 3.45. The zero-order valence-electron chi connectivity index (χ0n) is 12.6. The fourth-order valence-corrected chi connectivity index (χ4v) is 3.07. The van der Waals surface area contributed by atoms with Crippen LogP contribution >= 0.6 is 15.9 Å². The molecule has 0 amide bonds. The summed E-state index contributed by atoms with van der Waals surface area (Å²) in [5.41, 5.74) is 3.43. The minimum Gasteiger partial charge on any atom is -0.308 e. The largest absolute Gasteiger partial charge is 0.308 e. The van der Waals surface area contributed by atoms with Crippen molar-refractivity contribution in [1.82, 2.24) is 9.55 Å². The molecule has 0 aliphatic carbocycles. The molecule has 0 bridgehead atoms. The van der Waals surface area contributed by atoms with E-state index in [0.717, 1.165) is 27.5 Å². The standard InChI is InChI=1S/C18H17BrN2O/c1-3-14(12-8-10-13(19)11-9-12)17-18(22)21(2)16-7-5-4-6-15(16)20-17/h4-11,14H,3H2,1-2H3. The van der Waals surface area contributed by atoms with E-state index in [-0.39, 0.29) is 11.5 Å². The van der Waals surface area contributed by atoms with Crippen LogP contribution in [0.3, 0.4) is 0 Å². The van der Waals surface area contributed by atoms with Crippen LogP contribution in [0, 0.1) is 0 Å². The van der Waals surface area contributed by atoms with Crippen molar-refractivity contribution in [3.63, 3.8) is 0 Å². The first-order chi connectivity index (χ1) is 10.6. The molecule has 1 heterocycles. The Morgan fingerprint density at radius 3 is 2.50 bits per heavy atom. The van der Waals surface area contributed by atoms with Gasteiger partial charge in [-0.2, -0.15) is 0 Å². The Kier molecular flexibility index (Phi) is 4.12. The fraction of sp³-hybridized carbons (Fsp3) is 0.222. The van der Waals surface area contributed by atoms with Crippen LogP contribution in [0.1, 0.15) is 30.5 Å². The maximum absolute atomic E-state index is 12.7. The third-order valence-corrected chi connectivity index (χ3v) is 4.55. The average Bonchev–Trinajstić information content (AvgIpc) is 2.54. The lowest BCUT2D eigenvalue weighted by Crippen LogP contribution is -2.25. The summed E-state index contributed by atoms with van der Waals surface area (Å²) in [6.45, 7) is 2.09. The molecule has 112 valence electrons. The summed E-state index contributed by atoms with van der Waals surface area (Å²) in [6, 6.07) is 15.9. The highest BCUT2D eigenvalue weighted by atomic mass is 79.9. The molecule has 1 atom stereocenters. The van der Waals surface area contributed by atoms with Crippen molar-refractivity contribution in [2.45, 2.75) is 19.3 Å². The van der Waals surface area contributed by atoms with Gasteiger partial charge < -0.3 is 4.57 Å². The van der Waals surface area contributed by atoms with Crippen LogP contribution < -0.4 is 5.56 Å². The molecule has 0 radical (unpaired) electrons. The summed E-state index contributed by atoms with van der Waals surface area (Å²) in [7, 11) is 1.81. The van der Waals surface area contributed by atoms with Crippen molar-refractivity contribution in [3.8, 4) is 0 Å². The molecule has 0 aliphatic rings. The Balaban J connectivity index is 2.21. The Morgan fingerprint density at radius 1 is 1.14 bits per heavy atom. The lowest BCUT2D eigenvalue weighted by atomic mass is 9.93. The van der Waals surface area contributed by atoms with E-state index in [0.29, 0.717) is 5.69 Å². The van der Waals surface area contributed by atoms with E-state index in [9.17, 15) is 4.79 Å². The summed E-state index contributed by atoms with van der Waals surface area (Å²) in [5.74, 6) is 0.0106. The van der Waals surface area contributed by atoms with Gasteiger partial charge >= 0.3 is 0 Å². The van der Waals surface area contributed by atoms with Gasteiger partial charge in [0.1, 0.15) is 5.69 Å². The van der Waals surface area contributed by atoms with Gasteiger partial charge in [-0.05, 0) is 36.2 Å². The van der Waals surface area contributed by atoms with E-state index in [1.807, 2.05) is 43.4 Å². The predicted molar refractivity (Wildman–Crippen MR) is 93.3 cm³/mol. The van der Waals surface area contributed by atoms with E-state index in [4.69, 9.17) is 0 Å². The molecule has 0 spiro atoms. The number of rotatable bonds is 3. The van der Waals surface area contributed by atoms with Gasteiger partial charge in [-0.15, -0.1) is 0 Å². The molecular formula is C18H17BrN2O. The number of nitrogens with zero attached hydrogens (tertiary/aromatic N) is 2. The molecule has 3 nitrogen and oxygen atoms in total. The van der Waals surface area contributed by atoms with E-state index in [2.05, 4.69) is 40.0 Å². The van der Waals surface area contributed by atoms with E-state index < -0.39 is 0 Å². The van der Waals surface area contributed by atoms with Gasteiger partial charge in [0.15, 0.2) is 0 Å². The molecular weight excluding hydrogens is 340 g/mol. The SMILES string of the molecule is CCC(c1ccc(Br)cc1)c1nc2ccccc2n(C)c1=O. The van der Waals surface area contributed by atoms with E-state index >= 15 is 0 Å². The predicted octanol–water partition coefficient (Wildman–Crippen LogP) is 4.24. The summed E-state index contributed by atoms with van der Waals surface area (Å²) in [4.78, 5) is 17.4. The van der Waals surface area contributed by atoms with Crippen molar-refractivity contribution in [3.05, 3.63) is 74.6 Å². The normalized spacial score (nSPS) is 12.5. The van der Waals surface area contributed by atoms with Crippen LogP contribution in [0.5, 0.6) is 0 Å². The first kappa shape index (κ1) is 15.0. The lowest BCUT2D eigenvalue weighted by molar-refractivity contribution is 0.718. The average molecular weight is 357 g/mol. The molecule has 0 fully saturated rings. The monoisotopic (exact) mass is 356 g/mol. The highest BCUT2D eigenvalue weighted by molar-refractivity contribution is 9.10. The van der Waals surface area contributed by atoms with Gasteiger partial charge in [-0.25, -0.2) is 4.98 Å². The molecule has 1 unspecified atom stereocenters. The van der Waals surface area contributed by atoms with Crippen molar-refractivity contribution in [2.24, 2.45) is 7.05 Å². The summed E-state index contributed by atoms with van der Waals surface area (Å²) in [5, 5.41) is 0. The first-order valence-corrected chi connectivity index (χ1v) is 8.12. The van der Waals surface area contributed by atoms with Crippen LogP contribution in [0.4, 0.5) is 0 Å². The number of hydrogen-bond donors (Lipinski definition) is 0. The van der Waals surface area contributed by atoms with Gasteiger partial charge in [0.2, 0.25) is 0 Å². The lowest BCUT2D eigenvalue weighted by Gasteiger charge is -2.16. The topological polar surface area (TPSA) is 34.9 Å². The van der Waals surface area contributed by atoms with Crippen LogP contribution in [0.2, 0.25) is 0 Å². The number of benzene rings is 2. The molecule has 3 aromatic rings. The van der Waals surface area contributed by atoms with Crippen LogP contribution in [0.15, 0.2) is 57.8 Å². The van der Waals surface area contributed by atoms with E-state index in [1.54, 1.807) is 4.57 Å². The molecule has 0 N–H and O–H groups in total. The first-order valence-electron chi connectivity index (χ1n) is 7.33.